The number of aliphatic hydroxyl groups is 1. The molecule has 1 fully saturated rings. The minimum Gasteiger partial charge on any atom is -0.392 e. The van der Waals surface area contributed by atoms with Gasteiger partial charge in [0.25, 0.3) is 5.91 Å². The number of aromatic nitrogens is 1. The van der Waals surface area contributed by atoms with E-state index in [1.807, 2.05) is 47.4 Å². The second-order valence-electron chi connectivity index (χ2n) is 7.41. The molecule has 1 aliphatic rings. The van der Waals surface area contributed by atoms with E-state index in [1.54, 1.807) is 6.92 Å². The van der Waals surface area contributed by atoms with Gasteiger partial charge in [-0.15, -0.1) is 0 Å². The second-order valence-corrected chi connectivity index (χ2v) is 7.41. The van der Waals surface area contributed by atoms with E-state index in [4.69, 9.17) is 9.63 Å². The second kappa shape index (κ2) is 7.98. The number of likely N-dealkylation sites (tertiary alicyclic amines) is 1. The van der Waals surface area contributed by atoms with E-state index in [-0.39, 0.29) is 12.5 Å². The highest BCUT2D eigenvalue weighted by molar-refractivity contribution is 6.00. The molecule has 1 amide bonds. The molecule has 144 valence electrons. The van der Waals surface area contributed by atoms with Crippen LogP contribution in [0, 0.1) is 12.8 Å². The van der Waals surface area contributed by atoms with Gasteiger partial charge in [0, 0.05) is 18.7 Å². The number of nitrogens with zero attached hydrogens (tertiary/aromatic N) is 2. The minimum absolute atomic E-state index is 0.00395. The Labute approximate surface area is 164 Å². The molecule has 5 nitrogen and oxygen atoms in total. The van der Waals surface area contributed by atoms with Gasteiger partial charge in [0.1, 0.15) is 17.0 Å². The third-order valence-electron chi connectivity index (χ3n) is 5.43. The fourth-order valence-corrected chi connectivity index (χ4v) is 3.87. The van der Waals surface area contributed by atoms with Gasteiger partial charge in [0.05, 0.1) is 6.61 Å². The van der Waals surface area contributed by atoms with Crippen LogP contribution in [-0.2, 0) is 13.0 Å². The van der Waals surface area contributed by atoms with Crippen molar-refractivity contribution in [2.45, 2.75) is 26.4 Å². The Morgan fingerprint density at radius 2 is 1.86 bits per heavy atom. The zero-order valence-corrected chi connectivity index (χ0v) is 16.0. The highest BCUT2D eigenvalue weighted by Gasteiger charge is 2.31. The first kappa shape index (κ1) is 18.4. The Morgan fingerprint density at radius 1 is 1.14 bits per heavy atom. The van der Waals surface area contributed by atoms with Crippen LogP contribution in [0.1, 0.15) is 33.7 Å². The number of carbonyl (C=O) groups excluding carboxylic acids is 1. The molecule has 0 bridgehead atoms. The minimum atomic E-state index is -0.00395. The summed E-state index contributed by atoms with van der Waals surface area (Å²) in [5.74, 6) is 0.992. The molecule has 0 saturated carbocycles. The maximum atomic E-state index is 13.2. The van der Waals surface area contributed by atoms with E-state index in [0.29, 0.717) is 22.9 Å². The number of rotatable bonds is 5. The van der Waals surface area contributed by atoms with Gasteiger partial charge in [0.2, 0.25) is 0 Å². The molecule has 3 aromatic rings. The molecule has 0 spiro atoms. The number of aryl methyl sites for hydroxylation is 1. The summed E-state index contributed by atoms with van der Waals surface area (Å²) in [5, 5.41) is 13.3. The van der Waals surface area contributed by atoms with E-state index in [1.165, 1.54) is 5.56 Å². The van der Waals surface area contributed by atoms with E-state index >= 15 is 0 Å². The Kier molecular flexibility index (Phi) is 5.26. The van der Waals surface area contributed by atoms with Gasteiger partial charge < -0.3 is 14.5 Å². The fraction of sp³-hybridized carbons (Fsp3) is 0.304. The van der Waals surface area contributed by atoms with Gasteiger partial charge in [-0.3, -0.25) is 4.79 Å². The average Bonchev–Trinajstić information content (AvgIpc) is 3.35. The van der Waals surface area contributed by atoms with Crippen LogP contribution in [0.2, 0.25) is 0 Å². The highest BCUT2D eigenvalue weighted by Crippen LogP contribution is 2.29. The number of amides is 1. The summed E-state index contributed by atoms with van der Waals surface area (Å²) in [7, 11) is 0. The molecule has 1 aromatic heterocycles. The number of carbonyl (C=O) groups is 1. The molecular formula is C23H24N2O3. The van der Waals surface area contributed by atoms with Gasteiger partial charge in [-0.1, -0.05) is 59.8 Å². The van der Waals surface area contributed by atoms with Crippen molar-refractivity contribution in [3.63, 3.8) is 0 Å². The predicted molar refractivity (Wildman–Crippen MR) is 107 cm³/mol. The molecule has 2 heterocycles. The molecule has 1 saturated heterocycles. The van der Waals surface area contributed by atoms with E-state index in [0.717, 1.165) is 37.1 Å². The topological polar surface area (TPSA) is 66.6 Å². The number of benzene rings is 2. The lowest BCUT2D eigenvalue weighted by Gasteiger charge is -2.17. The van der Waals surface area contributed by atoms with Crippen molar-refractivity contribution in [1.82, 2.24) is 10.1 Å². The summed E-state index contributed by atoms with van der Waals surface area (Å²) in [6, 6.07) is 17.7. The van der Waals surface area contributed by atoms with E-state index in [2.05, 4.69) is 17.3 Å². The van der Waals surface area contributed by atoms with Crippen LogP contribution in [0.4, 0.5) is 0 Å². The highest BCUT2D eigenvalue weighted by atomic mass is 16.5. The van der Waals surface area contributed by atoms with Crippen LogP contribution < -0.4 is 0 Å². The van der Waals surface area contributed by atoms with Crippen molar-refractivity contribution < 1.29 is 14.4 Å². The largest absolute Gasteiger partial charge is 0.392 e. The molecule has 0 radical (unpaired) electrons. The Balaban J connectivity index is 1.47. The van der Waals surface area contributed by atoms with Gasteiger partial charge in [-0.05, 0) is 36.8 Å². The summed E-state index contributed by atoms with van der Waals surface area (Å²) < 4.78 is 5.36. The molecule has 1 atom stereocenters. The lowest BCUT2D eigenvalue weighted by molar-refractivity contribution is 0.0786. The number of aliphatic hydroxyl groups excluding tert-OH is 1. The summed E-state index contributed by atoms with van der Waals surface area (Å²) in [5.41, 5.74) is 4.23. The normalized spacial score (nSPS) is 16.5. The van der Waals surface area contributed by atoms with Gasteiger partial charge in [-0.2, -0.15) is 0 Å². The van der Waals surface area contributed by atoms with Crippen LogP contribution in [0.15, 0.2) is 59.1 Å². The van der Waals surface area contributed by atoms with Crippen LogP contribution in [0.25, 0.3) is 11.3 Å². The summed E-state index contributed by atoms with van der Waals surface area (Å²) in [4.78, 5) is 15.1. The smallest absolute Gasteiger partial charge is 0.259 e. The van der Waals surface area contributed by atoms with Crippen LogP contribution in [0.3, 0.4) is 0 Å². The Hall–Kier alpha value is -2.92. The van der Waals surface area contributed by atoms with Gasteiger partial charge >= 0.3 is 0 Å². The third-order valence-corrected chi connectivity index (χ3v) is 5.43. The van der Waals surface area contributed by atoms with Crippen molar-refractivity contribution in [2.24, 2.45) is 5.92 Å². The van der Waals surface area contributed by atoms with Crippen LogP contribution in [-0.4, -0.2) is 34.2 Å². The molecule has 1 N–H and O–H groups in total. The first-order chi connectivity index (χ1) is 13.7. The van der Waals surface area contributed by atoms with Gasteiger partial charge in [0.15, 0.2) is 0 Å². The molecule has 1 aliphatic heterocycles. The standard InChI is InChI=1S/C23H24N2O3/c1-16-21(22(24-28-16)20-5-3-2-4-6-20)23(27)25-12-11-19(14-25)13-17-7-9-18(15-26)10-8-17/h2-10,19,26H,11-15H2,1H3/t19-/m0/s1. The van der Waals surface area contributed by atoms with Gasteiger partial charge in [-0.25, -0.2) is 0 Å². The summed E-state index contributed by atoms with van der Waals surface area (Å²) in [6.45, 7) is 3.34. The maximum Gasteiger partial charge on any atom is 0.259 e. The van der Waals surface area contributed by atoms with E-state index in [9.17, 15) is 4.79 Å². The third kappa shape index (κ3) is 3.71. The van der Waals surface area contributed by atoms with Crippen molar-refractivity contribution in [3.05, 3.63) is 77.0 Å². The number of hydrogen-bond donors (Lipinski definition) is 1. The fourth-order valence-electron chi connectivity index (χ4n) is 3.87. The average molecular weight is 376 g/mol. The molecule has 5 heteroatoms. The van der Waals surface area contributed by atoms with Crippen molar-refractivity contribution in [2.75, 3.05) is 13.1 Å². The first-order valence-corrected chi connectivity index (χ1v) is 9.65. The van der Waals surface area contributed by atoms with Crippen molar-refractivity contribution in [1.29, 1.82) is 0 Å². The van der Waals surface area contributed by atoms with Crippen molar-refractivity contribution >= 4 is 5.91 Å². The summed E-state index contributed by atoms with van der Waals surface area (Å²) in [6.07, 6.45) is 1.92. The maximum absolute atomic E-state index is 13.2. The molecule has 4 rings (SSSR count). The lowest BCUT2D eigenvalue weighted by atomic mass is 9.98. The van der Waals surface area contributed by atoms with Crippen LogP contribution in [0.5, 0.6) is 0 Å². The SMILES string of the molecule is Cc1onc(-c2ccccc2)c1C(=O)N1CC[C@@H](Cc2ccc(CO)cc2)C1. The molecule has 2 aromatic carbocycles. The molecule has 0 unspecified atom stereocenters. The number of hydrogen-bond acceptors (Lipinski definition) is 4. The predicted octanol–water partition coefficient (Wildman–Crippen LogP) is 3.85. The van der Waals surface area contributed by atoms with Crippen LogP contribution >= 0.6 is 0 Å². The monoisotopic (exact) mass is 376 g/mol. The zero-order chi connectivity index (χ0) is 19.5. The van der Waals surface area contributed by atoms with Crippen molar-refractivity contribution in [3.8, 4) is 11.3 Å². The molecular weight excluding hydrogens is 352 g/mol. The Bertz CT molecular complexity index is 948. The quantitative estimate of drug-likeness (QED) is 0.735. The zero-order valence-electron chi connectivity index (χ0n) is 16.0. The molecule has 0 aliphatic carbocycles. The summed E-state index contributed by atoms with van der Waals surface area (Å²) >= 11 is 0. The lowest BCUT2D eigenvalue weighted by Crippen LogP contribution is -2.29. The first-order valence-electron chi connectivity index (χ1n) is 9.65. The molecule has 28 heavy (non-hydrogen) atoms. The Morgan fingerprint density at radius 3 is 2.57 bits per heavy atom. The van der Waals surface area contributed by atoms with E-state index < -0.39 is 0 Å².